The highest BCUT2D eigenvalue weighted by atomic mass is 19.1. The van der Waals surface area contributed by atoms with Gasteiger partial charge in [-0.3, -0.25) is 14.4 Å². The summed E-state index contributed by atoms with van der Waals surface area (Å²) in [6, 6.07) is 11.3. The van der Waals surface area contributed by atoms with Crippen molar-refractivity contribution in [1.29, 1.82) is 0 Å². The molecule has 6 nitrogen and oxygen atoms in total. The van der Waals surface area contributed by atoms with E-state index in [-0.39, 0.29) is 17.7 Å². The third kappa shape index (κ3) is 4.99. The zero-order chi connectivity index (χ0) is 20.8. The summed E-state index contributed by atoms with van der Waals surface area (Å²) in [5.74, 6) is -1.08. The summed E-state index contributed by atoms with van der Waals surface area (Å²) in [5.41, 5.74) is 1.32. The van der Waals surface area contributed by atoms with Gasteiger partial charge in [0.1, 0.15) is 11.9 Å². The standard InChI is InChI=1S/C22H24FN3O3/c1-2-13-24-21(28)19-4-3-14-26(19)22(29)16-7-11-18(12-8-16)25-20(27)15-5-9-17(23)10-6-15/h5-12,19H,2-4,13-14H2,1H3,(H,24,28)(H,25,27)/t19-/m1/s1. The number of halogens is 1. The molecule has 29 heavy (non-hydrogen) atoms. The number of nitrogens with one attached hydrogen (secondary N) is 2. The fraction of sp³-hybridized carbons (Fsp3) is 0.318. The van der Waals surface area contributed by atoms with Crippen LogP contribution in [0.1, 0.15) is 46.9 Å². The largest absolute Gasteiger partial charge is 0.354 e. The molecule has 1 aliphatic rings. The number of hydrogen-bond donors (Lipinski definition) is 2. The summed E-state index contributed by atoms with van der Waals surface area (Å²) in [7, 11) is 0. The monoisotopic (exact) mass is 397 g/mol. The van der Waals surface area contributed by atoms with Gasteiger partial charge in [0.15, 0.2) is 0 Å². The first-order chi connectivity index (χ1) is 14.0. The molecular weight excluding hydrogens is 373 g/mol. The first-order valence-corrected chi connectivity index (χ1v) is 9.75. The van der Waals surface area contributed by atoms with Crippen molar-refractivity contribution in [3.63, 3.8) is 0 Å². The predicted octanol–water partition coefficient (Wildman–Crippen LogP) is 3.21. The highest BCUT2D eigenvalue weighted by Crippen LogP contribution is 2.21. The van der Waals surface area contributed by atoms with Gasteiger partial charge in [-0.15, -0.1) is 0 Å². The minimum absolute atomic E-state index is 0.110. The highest BCUT2D eigenvalue weighted by molar-refractivity contribution is 6.04. The minimum Gasteiger partial charge on any atom is -0.354 e. The van der Waals surface area contributed by atoms with Crippen molar-refractivity contribution in [2.24, 2.45) is 0 Å². The fourth-order valence-corrected chi connectivity index (χ4v) is 3.31. The molecule has 1 heterocycles. The van der Waals surface area contributed by atoms with Gasteiger partial charge in [-0.2, -0.15) is 0 Å². The van der Waals surface area contributed by atoms with Crippen molar-refractivity contribution in [2.75, 3.05) is 18.4 Å². The van der Waals surface area contributed by atoms with E-state index in [1.54, 1.807) is 29.2 Å². The molecule has 1 atom stereocenters. The molecule has 0 unspecified atom stereocenters. The van der Waals surface area contributed by atoms with Crippen LogP contribution in [0.2, 0.25) is 0 Å². The SMILES string of the molecule is CCCNC(=O)[C@H]1CCCN1C(=O)c1ccc(NC(=O)c2ccc(F)cc2)cc1. The third-order valence-corrected chi connectivity index (χ3v) is 4.86. The molecule has 0 saturated carbocycles. The van der Waals surface area contributed by atoms with Crippen molar-refractivity contribution in [2.45, 2.75) is 32.2 Å². The lowest BCUT2D eigenvalue weighted by molar-refractivity contribution is -0.124. The molecule has 0 spiro atoms. The van der Waals surface area contributed by atoms with Crippen molar-refractivity contribution >= 4 is 23.4 Å². The van der Waals surface area contributed by atoms with E-state index in [0.717, 1.165) is 12.8 Å². The van der Waals surface area contributed by atoms with E-state index >= 15 is 0 Å². The number of carbonyl (C=O) groups excluding carboxylic acids is 3. The van der Waals surface area contributed by atoms with Crippen LogP contribution in [0.15, 0.2) is 48.5 Å². The van der Waals surface area contributed by atoms with Crippen molar-refractivity contribution in [1.82, 2.24) is 10.2 Å². The van der Waals surface area contributed by atoms with Crippen LogP contribution in [0.3, 0.4) is 0 Å². The van der Waals surface area contributed by atoms with E-state index in [1.165, 1.54) is 24.3 Å². The number of carbonyl (C=O) groups is 3. The van der Waals surface area contributed by atoms with Crippen LogP contribution in [0, 0.1) is 5.82 Å². The third-order valence-electron chi connectivity index (χ3n) is 4.86. The van der Waals surface area contributed by atoms with Crippen LogP contribution >= 0.6 is 0 Å². The van der Waals surface area contributed by atoms with E-state index in [0.29, 0.717) is 36.3 Å². The second kappa shape index (κ2) is 9.32. The molecule has 152 valence electrons. The first-order valence-electron chi connectivity index (χ1n) is 9.75. The number of benzene rings is 2. The number of amides is 3. The van der Waals surface area contributed by atoms with E-state index in [4.69, 9.17) is 0 Å². The van der Waals surface area contributed by atoms with E-state index in [1.807, 2.05) is 6.92 Å². The normalized spacial score (nSPS) is 15.8. The first kappa shape index (κ1) is 20.5. The molecule has 1 saturated heterocycles. The Hall–Kier alpha value is -3.22. The number of anilines is 1. The van der Waals surface area contributed by atoms with Gasteiger partial charge >= 0.3 is 0 Å². The Bertz CT molecular complexity index is 881. The van der Waals surface area contributed by atoms with Crippen LogP contribution in [-0.4, -0.2) is 41.8 Å². The molecule has 1 aliphatic heterocycles. The number of rotatable bonds is 6. The lowest BCUT2D eigenvalue weighted by Crippen LogP contribution is -2.46. The Morgan fingerprint density at radius 2 is 1.69 bits per heavy atom. The number of nitrogens with zero attached hydrogens (tertiary/aromatic N) is 1. The molecule has 2 N–H and O–H groups in total. The molecule has 2 aromatic rings. The quantitative estimate of drug-likeness (QED) is 0.786. The van der Waals surface area contributed by atoms with Gasteiger partial charge in [0.05, 0.1) is 0 Å². The zero-order valence-electron chi connectivity index (χ0n) is 16.3. The predicted molar refractivity (Wildman–Crippen MR) is 108 cm³/mol. The van der Waals surface area contributed by atoms with Crippen LogP contribution in [0.25, 0.3) is 0 Å². The molecule has 3 amide bonds. The number of hydrogen-bond acceptors (Lipinski definition) is 3. The zero-order valence-corrected chi connectivity index (χ0v) is 16.3. The molecule has 0 bridgehead atoms. The Labute approximate surface area is 169 Å². The van der Waals surface area contributed by atoms with Gasteiger partial charge in [0.25, 0.3) is 11.8 Å². The van der Waals surface area contributed by atoms with E-state index in [9.17, 15) is 18.8 Å². The maximum atomic E-state index is 13.0. The van der Waals surface area contributed by atoms with Gasteiger partial charge in [0.2, 0.25) is 5.91 Å². The van der Waals surface area contributed by atoms with Crippen molar-refractivity contribution < 1.29 is 18.8 Å². The smallest absolute Gasteiger partial charge is 0.255 e. The summed E-state index contributed by atoms with van der Waals surface area (Å²) in [6.07, 6.45) is 2.30. The summed E-state index contributed by atoms with van der Waals surface area (Å²) < 4.78 is 13.0. The van der Waals surface area contributed by atoms with Crippen LogP contribution in [-0.2, 0) is 4.79 Å². The molecule has 0 aromatic heterocycles. The second-order valence-corrected chi connectivity index (χ2v) is 6.99. The lowest BCUT2D eigenvalue weighted by Gasteiger charge is -2.24. The Morgan fingerprint density at radius 3 is 2.34 bits per heavy atom. The van der Waals surface area contributed by atoms with Crippen molar-refractivity contribution in [3.8, 4) is 0 Å². The molecule has 1 fully saturated rings. The van der Waals surface area contributed by atoms with Crippen LogP contribution in [0.5, 0.6) is 0 Å². The van der Waals surface area contributed by atoms with Gasteiger partial charge in [-0.1, -0.05) is 6.92 Å². The van der Waals surface area contributed by atoms with Crippen LogP contribution in [0.4, 0.5) is 10.1 Å². The minimum atomic E-state index is -0.438. The molecule has 2 aromatic carbocycles. The van der Waals surface area contributed by atoms with Gasteiger partial charge in [-0.05, 0) is 67.8 Å². The molecule has 0 radical (unpaired) electrons. The van der Waals surface area contributed by atoms with Crippen molar-refractivity contribution in [3.05, 3.63) is 65.5 Å². The molecule has 7 heteroatoms. The Kier molecular flexibility index (Phi) is 6.59. The molecular formula is C22H24FN3O3. The molecule has 3 rings (SSSR count). The van der Waals surface area contributed by atoms with Gasteiger partial charge in [0, 0.05) is 29.9 Å². The summed E-state index contributed by atoms with van der Waals surface area (Å²) in [6.45, 7) is 3.13. The lowest BCUT2D eigenvalue weighted by atomic mass is 10.1. The highest BCUT2D eigenvalue weighted by Gasteiger charge is 2.34. The van der Waals surface area contributed by atoms with Gasteiger partial charge < -0.3 is 15.5 Å². The summed E-state index contributed by atoms with van der Waals surface area (Å²) in [5, 5.41) is 5.57. The van der Waals surface area contributed by atoms with E-state index in [2.05, 4.69) is 10.6 Å². The van der Waals surface area contributed by atoms with Gasteiger partial charge in [-0.25, -0.2) is 4.39 Å². The topological polar surface area (TPSA) is 78.5 Å². The summed E-state index contributed by atoms with van der Waals surface area (Å²) in [4.78, 5) is 39.0. The van der Waals surface area contributed by atoms with Crippen LogP contribution < -0.4 is 10.6 Å². The van der Waals surface area contributed by atoms with E-state index < -0.39 is 11.9 Å². The summed E-state index contributed by atoms with van der Waals surface area (Å²) >= 11 is 0. The second-order valence-electron chi connectivity index (χ2n) is 6.99. The maximum Gasteiger partial charge on any atom is 0.255 e. The fourth-order valence-electron chi connectivity index (χ4n) is 3.31. The maximum absolute atomic E-state index is 13.0. The average Bonchev–Trinajstić information content (AvgIpc) is 3.22. The average molecular weight is 397 g/mol. The Balaban J connectivity index is 1.64. The number of likely N-dealkylation sites (tertiary alicyclic amines) is 1. The molecule has 0 aliphatic carbocycles. The Morgan fingerprint density at radius 1 is 1.03 bits per heavy atom.